The van der Waals surface area contributed by atoms with Gasteiger partial charge in [-0.2, -0.15) is 0 Å². The van der Waals surface area contributed by atoms with Gasteiger partial charge in [-0.25, -0.2) is 0 Å². The molecule has 1 aromatic carbocycles. The number of carbonyl (C=O) groups excluding carboxylic acids is 1. The van der Waals surface area contributed by atoms with Crippen molar-refractivity contribution < 1.29 is 9.90 Å². The molecule has 18 heavy (non-hydrogen) atoms. The van der Waals surface area contributed by atoms with Gasteiger partial charge in [0.05, 0.1) is 5.37 Å². The van der Waals surface area contributed by atoms with Crippen LogP contribution >= 0.6 is 23.4 Å². The highest BCUT2D eigenvalue weighted by Crippen LogP contribution is 2.28. The smallest absolute Gasteiger partial charge is 0.238 e. The van der Waals surface area contributed by atoms with Crippen LogP contribution in [0.3, 0.4) is 0 Å². The second-order valence-electron chi connectivity index (χ2n) is 4.25. The highest BCUT2D eigenvalue weighted by Gasteiger charge is 2.28. The molecule has 0 radical (unpaired) electrons. The first-order chi connectivity index (χ1) is 8.70. The molecule has 98 valence electrons. The van der Waals surface area contributed by atoms with Gasteiger partial charge in [-0.3, -0.25) is 4.79 Å². The summed E-state index contributed by atoms with van der Waals surface area (Å²) in [5.41, 5.74) is 1.18. The number of amides is 1. The van der Waals surface area contributed by atoms with Gasteiger partial charge in [-0.15, -0.1) is 23.4 Å². The fraction of sp³-hybridized carbons (Fsp3) is 0.462. The summed E-state index contributed by atoms with van der Waals surface area (Å²) in [6.45, 7) is 0.802. The third-order valence-corrected chi connectivity index (χ3v) is 4.56. The van der Waals surface area contributed by atoms with Gasteiger partial charge in [-0.1, -0.05) is 12.1 Å². The van der Waals surface area contributed by atoms with Crippen molar-refractivity contribution in [3.63, 3.8) is 0 Å². The molecule has 0 bridgehead atoms. The molecule has 1 saturated heterocycles. The van der Waals surface area contributed by atoms with E-state index in [4.69, 9.17) is 11.6 Å². The molecule has 0 aromatic heterocycles. The van der Waals surface area contributed by atoms with Crippen LogP contribution in [0.5, 0.6) is 5.75 Å². The third-order valence-electron chi connectivity index (χ3n) is 3.04. The van der Waals surface area contributed by atoms with Gasteiger partial charge in [0.2, 0.25) is 5.91 Å². The highest BCUT2D eigenvalue weighted by atomic mass is 35.5. The monoisotopic (exact) mass is 285 g/mol. The van der Waals surface area contributed by atoms with Crippen molar-refractivity contribution in [3.8, 4) is 5.75 Å². The molecular formula is C13H16ClNO2S. The zero-order chi connectivity index (χ0) is 13.0. The minimum Gasteiger partial charge on any atom is -0.508 e. The molecular weight excluding hydrogens is 270 g/mol. The molecule has 3 nitrogen and oxygen atoms in total. The normalized spacial score (nSPS) is 19.2. The molecule has 1 atom stereocenters. The van der Waals surface area contributed by atoms with Gasteiger partial charge in [0.1, 0.15) is 11.6 Å². The van der Waals surface area contributed by atoms with Gasteiger partial charge in [0, 0.05) is 12.3 Å². The fourth-order valence-electron chi connectivity index (χ4n) is 2.08. The number of nitrogens with zero attached hydrogens (tertiary/aromatic N) is 1. The van der Waals surface area contributed by atoms with Crippen molar-refractivity contribution in [2.75, 3.05) is 18.2 Å². The highest BCUT2D eigenvalue weighted by molar-refractivity contribution is 8.00. The Morgan fingerprint density at radius 2 is 2.17 bits per heavy atom. The Balaban J connectivity index is 1.89. The zero-order valence-electron chi connectivity index (χ0n) is 10.0. The molecule has 1 aromatic rings. The van der Waals surface area contributed by atoms with Crippen LogP contribution in [0.4, 0.5) is 0 Å². The predicted molar refractivity (Wildman–Crippen MR) is 75.1 cm³/mol. The second kappa shape index (κ2) is 6.34. The molecule has 0 saturated carbocycles. The lowest BCUT2D eigenvalue weighted by Gasteiger charge is -2.22. The number of halogens is 1. The van der Waals surface area contributed by atoms with Crippen molar-refractivity contribution in [2.45, 2.75) is 18.2 Å². The third kappa shape index (κ3) is 3.33. The van der Waals surface area contributed by atoms with E-state index in [9.17, 15) is 9.90 Å². The number of benzene rings is 1. The van der Waals surface area contributed by atoms with Crippen LogP contribution in [-0.2, 0) is 11.2 Å². The summed E-state index contributed by atoms with van der Waals surface area (Å²) >= 11 is 7.42. The Labute approximate surface area is 116 Å². The van der Waals surface area contributed by atoms with E-state index in [2.05, 4.69) is 0 Å². The average Bonchev–Trinajstić information content (AvgIpc) is 2.85. The van der Waals surface area contributed by atoms with E-state index in [0.717, 1.165) is 25.1 Å². The lowest BCUT2D eigenvalue weighted by atomic mass is 10.1. The summed E-state index contributed by atoms with van der Waals surface area (Å²) in [7, 11) is 0. The summed E-state index contributed by atoms with van der Waals surface area (Å²) in [4.78, 5) is 13.5. The number of rotatable bonds is 4. The molecule has 1 N–H and O–H groups in total. The molecule has 1 aliphatic rings. The van der Waals surface area contributed by atoms with Crippen LogP contribution in [0.2, 0.25) is 0 Å². The van der Waals surface area contributed by atoms with E-state index in [1.807, 2.05) is 28.8 Å². The van der Waals surface area contributed by atoms with E-state index < -0.39 is 0 Å². The summed E-state index contributed by atoms with van der Waals surface area (Å²) < 4.78 is 0. The number of hydrogen-bond donors (Lipinski definition) is 1. The standard InChI is InChI=1S/C13H16ClNO2S/c14-9-12(17)15-7-8-18-13(15)6-3-10-1-4-11(16)5-2-10/h1-2,4-5,13,16H,3,6-9H2. The summed E-state index contributed by atoms with van der Waals surface area (Å²) in [5.74, 6) is 1.37. The Bertz CT molecular complexity index is 410. The molecule has 1 fully saturated rings. The maximum atomic E-state index is 11.6. The minimum atomic E-state index is 0.0253. The van der Waals surface area contributed by atoms with Gasteiger partial charge in [-0.05, 0) is 30.5 Å². The van der Waals surface area contributed by atoms with Crippen LogP contribution in [-0.4, -0.2) is 39.5 Å². The Morgan fingerprint density at radius 1 is 1.44 bits per heavy atom. The second-order valence-corrected chi connectivity index (χ2v) is 5.80. The number of phenols is 1. The van der Waals surface area contributed by atoms with Crippen LogP contribution in [0.25, 0.3) is 0 Å². The van der Waals surface area contributed by atoms with Gasteiger partial charge in [0.25, 0.3) is 0 Å². The summed E-state index contributed by atoms with van der Waals surface area (Å²) in [6.07, 6.45) is 1.84. The minimum absolute atomic E-state index is 0.0253. The predicted octanol–water partition coefficient (Wildman–Crippen LogP) is 2.47. The lowest BCUT2D eigenvalue weighted by Crippen LogP contribution is -2.35. The molecule has 5 heteroatoms. The first-order valence-corrected chi connectivity index (χ1v) is 7.54. The van der Waals surface area contributed by atoms with E-state index in [1.165, 1.54) is 5.56 Å². The zero-order valence-corrected chi connectivity index (χ0v) is 11.6. The Morgan fingerprint density at radius 3 is 2.83 bits per heavy atom. The average molecular weight is 286 g/mol. The quantitative estimate of drug-likeness (QED) is 0.864. The van der Waals surface area contributed by atoms with E-state index in [1.54, 1.807) is 12.1 Å². The summed E-state index contributed by atoms with van der Waals surface area (Å²) in [6, 6.07) is 7.23. The number of thioether (sulfide) groups is 1. The maximum absolute atomic E-state index is 11.6. The van der Waals surface area contributed by atoms with Crippen molar-refractivity contribution >= 4 is 29.3 Å². The number of aromatic hydroxyl groups is 1. The van der Waals surface area contributed by atoms with Crippen molar-refractivity contribution in [2.24, 2.45) is 0 Å². The molecule has 1 amide bonds. The molecule has 0 aliphatic carbocycles. The first-order valence-electron chi connectivity index (χ1n) is 5.95. The van der Waals surface area contributed by atoms with Crippen LogP contribution in [0.15, 0.2) is 24.3 Å². The Kier molecular flexibility index (Phi) is 4.78. The Hall–Kier alpha value is -0.870. The van der Waals surface area contributed by atoms with Crippen LogP contribution in [0, 0.1) is 0 Å². The molecule has 1 heterocycles. The van der Waals surface area contributed by atoms with E-state index in [0.29, 0.717) is 0 Å². The number of aryl methyl sites for hydroxylation is 1. The SMILES string of the molecule is O=C(CCl)N1CCSC1CCc1ccc(O)cc1. The largest absolute Gasteiger partial charge is 0.508 e. The van der Waals surface area contributed by atoms with Crippen LogP contribution in [0.1, 0.15) is 12.0 Å². The van der Waals surface area contributed by atoms with Crippen LogP contribution < -0.4 is 0 Å². The number of carbonyl (C=O) groups is 1. The number of hydrogen-bond acceptors (Lipinski definition) is 3. The lowest BCUT2D eigenvalue weighted by molar-refractivity contribution is -0.128. The van der Waals surface area contributed by atoms with Gasteiger partial charge in [0.15, 0.2) is 0 Å². The molecule has 0 spiro atoms. The van der Waals surface area contributed by atoms with E-state index in [-0.39, 0.29) is 22.9 Å². The summed E-state index contributed by atoms with van der Waals surface area (Å²) in [5, 5.41) is 9.45. The number of phenolic OH excluding ortho intramolecular Hbond substituents is 1. The first kappa shape index (κ1) is 13.6. The molecule has 2 rings (SSSR count). The maximum Gasteiger partial charge on any atom is 0.238 e. The van der Waals surface area contributed by atoms with Crippen molar-refractivity contribution in [1.29, 1.82) is 0 Å². The van der Waals surface area contributed by atoms with Gasteiger partial charge < -0.3 is 10.0 Å². The topological polar surface area (TPSA) is 40.5 Å². The molecule has 1 aliphatic heterocycles. The van der Waals surface area contributed by atoms with Crippen molar-refractivity contribution in [3.05, 3.63) is 29.8 Å². The number of alkyl halides is 1. The fourth-order valence-corrected chi connectivity index (χ4v) is 3.49. The van der Waals surface area contributed by atoms with Gasteiger partial charge >= 0.3 is 0 Å². The van der Waals surface area contributed by atoms with E-state index >= 15 is 0 Å². The van der Waals surface area contributed by atoms with Crippen molar-refractivity contribution in [1.82, 2.24) is 4.90 Å². The molecule has 1 unspecified atom stereocenters.